The molecule has 2 nitrogen and oxygen atoms in total. The van der Waals surface area contributed by atoms with E-state index in [1.54, 1.807) is 18.2 Å². The van der Waals surface area contributed by atoms with Crippen LogP contribution < -0.4 is 5.32 Å². The highest BCUT2D eigenvalue weighted by molar-refractivity contribution is 9.10. The van der Waals surface area contributed by atoms with E-state index in [1.807, 2.05) is 38.1 Å². The second-order valence-corrected chi connectivity index (χ2v) is 7.27. The maximum absolute atomic E-state index is 12.3. The Hall–Kier alpha value is -0.870. The van der Waals surface area contributed by atoms with Crippen LogP contribution in [0.5, 0.6) is 0 Å². The molecule has 0 aliphatic heterocycles. The summed E-state index contributed by atoms with van der Waals surface area (Å²) in [6, 6.07) is 12.9. The third-order valence-electron chi connectivity index (χ3n) is 3.48. The second-order valence-electron chi connectivity index (χ2n) is 5.54. The van der Waals surface area contributed by atoms with Gasteiger partial charge in [-0.3, -0.25) is 4.79 Å². The van der Waals surface area contributed by atoms with Gasteiger partial charge in [-0.1, -0.05) is 51.3 Å². The van der Waals surface area contributed by atoms with E-state index in [1.165, 1.54) is 0 Å². The Bertz CT molecular complexity index is 701. The van der Waals surface area contributed by atoms with Crippen LogP contribution >= 0.6 is 39.1 Å². The van der Waals surface area contributed by atoms with Crippen molar-refractivity contribution < 1.29 is 4.79 Å². The third kappa shape index (κ3) is 4.32. The van der Waals surface area contributed by atoms with Gasteiger partial charge in [0.25, 0.3) is 0 Å². The minimum atomic E-state index is -0.324. The van der Waals surface area contributed by atoms with E-state index in [9.17, 15) is 4.79 Å². The molecule has 1 N–H and O–H groups in total. The zero-order valence-electron chi connectivity index (χ0n) is 12.3. The van der Waals surface area contributed by atoms with Gasteiger partial charge in [-0.15, -0.1) is 0 Å². The molecule has 0 aromatic heterocycles. The Morgan fingerprint density at radius 3 is 2.50 bits per heavy atom. The Morgan fingerprint density at radius 1 is 1.14 bits per heavy atom. The van der Waals surface area contributed by atoms with Crippen LogP contribution in [0.15, 0.2) is 46.9 Å². The molecule has 0 spiro atoms. The summed E-state index contributed by atoms with van der Waals surface area (Å²) in [6.45, 7) is 4.30. The lowest BCUT2D eigenvalue weighted by molar-refractivity contribution is 0.0980. The van der Waals surface area contributed by atoms with E-state index in [-0.39, 0.29) is 17.9 Å². The SMILES string of the molecule is CC(C)(NCC(=O)c1ccc(Cl)c(Cl)c1)c1cccc(Br)c1. The van der Waals surface area contributed by atoms with Gasteiger partial charge in [-0.05, 0) is 49.7 Å². The summed E-state index contributed by atoms with van der Waals surface area (Å²) >= 11 is 15.3. The van der Waals surface area contributed by atoms with Crippen molar-refractivity contribution in [1.82, 2.24) is 5.32 Å². The number of Topliss-reactive ketones (excluding diaryl/α,β-unsaturated/α-hetero) is 1. The highest BCUT2D eigenvalue weighted by Crippen LogP contribution is 2.24. The van der Waals surface area contributed by atoms with E-state index in [0.29, 0.717) is 15.6 Å². The first kappa shape index (κ1) is 17.5. The molecule has 116 valence electrons. The van der Waals surface area contributed by atoms with Crippen LogP contribution in [0, 0.1) is 0 Å². The van der Waals surface area contributed by atoms with Crippen LogP contribution in [-0.4, -0.2) is 12.3 Å². The molecular weight excluding hydrogens is 385 g/mol. The molecular formula is C17H16BrCl2NO. The molecule has 22 heavy (non-hydrogen) atoms. The van der Waals surface area contributed by atoms with E-state index in [4.69, 9.17) is 23.2 Å². The monoisotopic (exact) mass is 399 g/mol. The van der Waals surface area contributed by atoms with Gasteiger partial charge >= 0.3 is 0 Å². The molecule has 2 rings (SSSR count). The molecule has 0 fully saturated rings. The largest absolute Gasteiger partial charge is 0.301 e. The predicted octanol–water partition coefficient (Wildman–Crippen LogP) is 5.46. The maximum Gasteiger partial charge on any atom is 0.176 e. The lowest BCUT2D eigenvalue weighted by Gasteiger charge is -2.27. The average Bonchev–Trinajstić information content (AvgIpc) is 2.48. The fraction of sp³-hybridized carbons (Fsp3) is 0.235. The zero-order valence-corrected chi connectivity index (χ0v) is 15.4. The first-order valence-corrected chi connectivity index (χ1v) is 8.34. The van der Waals surface area contributed by atoms with Crippen molar-refractivity contribution in [3.63, 3.8) is 0 Å². The number of halogens is 3. The van der Waals surface area contributed by atoms with Gasteiger partial charge in [0.05, 0.1) is 16.6 Å². The number of benzene rings is 2. The van der Waals surface area contributed by atoms with Crippen molar-refractivity contribution in [3.05, 3.63) is 68.1 Å². The summed E-state index contributed by atoms with van der Waals surface area (Å²) in [6.07, 6.45) is 0. The number of hydrogen-bond acceptors (Lipinski definition) is 2. The number of hydrogen-bond donors (Lipinski definition) is 1. The van der Waals surface area contributed by atoms with Crippen molar-refractivity contribution in [1.29, 1.82) is 0 Å². The van der Waals surface area contributed by atoms with Crippen molar-refractivity contribution in [2.75, 3.05) is 6.54 Å². The maximum atomic E-state index is 12.3. The van der Waals surface area contributed by atoms with Crippen LogP contribution in [0.4, 0.5) is 0 Å². The van der Waals surface area contributed by atoms with E-state index < -0.39 is 0 Å². The molecule has 0 aliphatic rings. The highest BCUT2D eigenvalue weighted by Gasteiger charge is 2.21. The first-order valence-electron chi connectivity index (χ1n) is 6.79. The molecule has 0 saturated carbocycles. The van der Waals surface area contributed by atoms with Gasteiger partial charge in [-0.2, -0.15) is 0 Å². The topological polar surface area (TPSA) is 29.1 Å². The number of nitrogens with one attached hydrogen (secondary N) is 1. The van der Waals surface area contributed by atoms with Crippen LogP contribution in [0.25, 0.3) is 0 Å². The molecule has 2 aromatic carbocycles. The smallest absolute Gasteiger partial charge is 0.176 e. The molecule has 0 atom stereocenters. The zero-order chi connectivity index (χ0) is 16.3. The molecule has 0 heterocycles. The number of carbonyl (C=O) groups excluding carboxylic acids is 1. The normalized spacial score (nSPS) is 11.5. The van der Waals surface area contributed by atoms with Gasteiger partial charge < -0.3 is 5.32 Å². The van der Waals surface area contributed by atoms with Crippen molar-refractivity contribution >= 4 is 44.9 Å². The van der Waals surface area contributed by atoms with Crippen LogP contribution in [0.2, 0.25) is 10.0 Å². The minimum absolute atomic E-state index is 0.0263. The van der Waals surface area contributed by atoms with E-state index in [0.717, 1.165) is 10.0 Å². The van der Waals surface area contributed by atoms with Crippen molar-refractivity contribution in [3.8, 4) is 0 Å². The molecule has 0 radical (unpaired) electrons. The molecule has 5 heteroatoms. The fourth-order valence-corrected chi connectivity index (χ4v) is 2.75. The number of rotatable bonds is 5. The molecule has 0 amide bonds. The number of carbonyl (C=O) groups is 1. The van der Waals surface area contributed by atoms with Crippen LogP contribution in [0.1, 0.15) is 29.8 Å². The van der Waals surface area contributed by atoms with Gasteiger partial charge in [-0.25, -0.2) is 0 Å². The first-order chi connectivity index (χ1) is 10.3. The highest BCUT2D eigenvalue weighted by atomic mass is 79.9. The Balaban J connectivity index is 2.08. The van der Waals surface area contributed by atoms with E-state index in [2.05, 4.69) is 21.2 Å². The summed E-state index contributed by atoms with van der Waals surface area (Å²) in [5.74, 6) is -0.0263. The van der Waals surface area contributed by atoms with Crippen LogP contribution in [-0.2, 0) is 5.54 Å². The Morgan fingerprint density at radius 2 is 1.86 bits per heavy atom. The average molecular weight is 401 g/mol. The molecule has 0 bridgehead atoms. The summed E-state index contributed by atoms with van der Waals surface area (Å²) in [4.78, 5) is 12.3. The number of ketones is 1. The van der Waals surface area contributed by atoms with Gasteiger partial charge in [0.1, 0.15) is 0 Å². The van der Waals surface area contributed by atoms with Crippen LogP contribution in [0.3, 0.4) is 0 Å². The predicted molar refractivity (Wildman–Crippen MR) is 96.0 cm³/mol. The van der Waals surface area contributed by atoms with E-state index >= 15 is 0 Å². The quantitative estimate of drug-likeness (QED) is 0.674. The third-order valence-corrected chi connectivity index (χ3v) is 4.71. The Kier molecular flexibility index (Phi) is 5.67. The lowest BCUT2D eigenvalue weighted by Crippen LogP contribution is -2.39. The molecule has 2 aromatic rings. The summed E-state index contributed by atoms with van der Waals surface area (Å²) < 4.78 is 1.01. The van der Waals surface area contributed by atoms with Crippen molar-refractivity contribution in [2.24, 2.45) is 0 Å². The Labute approximate surface area is 148 Å². The van der Waals surface area contributed by atoms with Crippen molar-refractivity contribution in [2.45, 2.75) is 19.4 Å². The molecule has 0 saturated heterocycles. The molecule has 0 unspecified atom stereocenters. The summed E-state index contributed by atoms with van der Waals surface area (Å²) in [5, 5.41) is 4.12. The minimum Gasteiger partial charge on any atom is -0.301 e. The lowest BCUT2D eigenvalue weighted by atomic mass is 9.94. The summed E-state index contributed by atoms with van der Waals surface area (Å²) in [5.41, 5.74) is 1.33. The fourth-order valence-electron chi connectivity index (χ4n) is 2.05. The molecule has 0 aliphatic carbocycles. The van der Waals surface area contributed by atoms with Gasteiger partial charge in [0, 0.05) is 15.6 Å². The van der Waals surface area contributed by atoms with Gasteiger partial charge in [0.2, 0.25) is 0 Å². The van der Waals surface area contributed by atoms with Gasteiger partial charge in [0.15, 0.2) is 5.78 Å². The summed E-state index contributed by atoms with van der Waals surface area (Å²) in [7, 11) is 0. The second kappa shape index (κ2) is 7.14. The standard InChI is InChI=1S/C17H16BrCl2NO/c1-17(2,12-4-3-5-13(18)9-12)21-10-16(22)11-6-7-14(19)15(20)8-11/h3-9,21H,10H2,1-2H3.